The molecule has 1 aromatic heterocycles. The SMILES string of the molecule is Cc1ccc(N=Cc2cc([N+](=O)[O-])ccc2OC(=O)c2ccccc2C(=O)O)nc1. The molecule has 30 heavy (non-hydrogen) atoms. The van der Waals surface area contributed by atoms with E-state index in [0.29, 0.717) is 5.82 Å². The lowest BCUT2D eigenvalue weighted by atomic mass is 10.1. The van der Waals surface area contributed by atoms with Crippen LogP contribution in [0.4, 0.5) is 11.5 Å². The fraction of sp³-hybridized carbons (Fsp3) is 0.0476. The molecule has 9 nitrogen and oxygen atoms in total. The van der Waals surface area contributed by atoms with Gasteiger partial charge < -0.3 is 9.84 Å². The highest BCUT2D eigenvalue weighted by Gasteiger charge is 2.20. The van der Waals surface area contributed by atoms with Crippen molar-refractivity contribution in [2.45, 2.75) is 6.92 Å². The van der Waals surface area contributed by atoms with E-state index in [4.69, 9.17) is 4.74 Å². The molecule has 0 aliphatic carbocycles. The van der Waals surface area contributed by atoms with E-state index in [0.717, 1.165) is 5.56 Å². The van der Waals surface area contributed by atoms with Crippen LogP contribution in [0.3, 0.4) is 0 Å². The number of aromatic nitrogens is 1. The number of aromatic carboxylic acids is 1. The number of carboxylic acid groups (broad SMARTS) is 1. The number of carboxylic acids is 1. The fourth-order valence-corrected chi connectivity index (χ4v) is 2.52. The van der Waals surface area contributed by atoms with Gasteiger partial charge in [0.15, 0.2) is 5.82 Å². The summed E-state index contributed by atoms with van der Waals surface area (Å²) in [7, 11) is 0. The Morgan fingerprint density at radius 2 is 1.87 bits per heavy atom. The Balaban J connectivity index is 1.96. The molecule has 0 saturated carbocycles. The lowest BCUT2D eigenvalue weighted by molar-refractivity contribution is -0.384. The number of aryl methyl sites for hydroxylation is 1. The van der Waals surface area contributed by atoms with Gasteiger partial charge in [0, 0.05) is 30.1 Å². The maximum atomic E-state index is 12.5. The molecule has 0 amide bonds. The number of hydrogen-bond donors (Lipinski definition) is 1. The average Bonchev–Trinajstić information content (AvgIpc) is 2.73. The smallest absolute Gasteiger partial charge is 0.344 e. The second-order valence-corrected chi connectivity index (χ2v) is 6.17. The van der Waals surface area contributed by atoms with Gasteiger partial charge in [-0.2, -0.15) is 0 Å². The van der Waals surface area contributed by atoms with Crippen molar-refractivity contribution in [2.75, 3.05) is 0 Å². The molecule has 2 aromatic carbocycles. The molecule has 0 saturated heterocycles. The van der Waals surface area contributed by atoms with E-state index in [-0.39, 0.29) is 28.1 Å². The number of benzene rings is 2. The molecule has 3 rings (SSSR count). The van der Waals surface area contributed by atoms with Crippen LogP contribution in [-0.2, 0) is 0 Å². The minimum Gasteiger partial charge on any atom is -0.478 e. The number of rotatable bonds is 6. The average molecular weight is 405 g/mol. The Morgan fingerprint density at radius 1 is 1.13 bits per heavy atom. The Hall–Kier alpha value is -4.40. The molecule has 0 unspecified atom stereocenters. The van der Waals surface area contributed by atoms with Crippen molar-refractivity contribution in [2.24, 2.45) is 4.99 Å². The first-order valence-corrected chi connectivity index (χ1v) is 8.65. The van der Waals surface area contributed by atoms with E-state index in [2.05, 4.69) is 9.98 Å². The van der Waals surface area contributed by atoms with Crippen LogP contribution in [0, 0.1) is 17.0 Å². The number of carbonyl (C=O) groups excluding carboxylic acids is 1. The van der Waals surface area contributed by atoms with E-state index in [1.807, 2.05) is 6.92 Å². The van der Waals surface area contributed by atoms with Gasteiger partial charge in [-0.25, -0.2) is 19.6 Å². The molecule has 1 heterocycles. The summed E-state index contributed by atoms with van der Waals surface area (Å²) in [5.41, 5.74) is 0.512. The number of ether oxygens (including phenoxy) is 1. The number of non-ortho nitro benzene ring substituents is 1. The molecule has 0 bridgehead atoms. The first kappa shape index (κ1) is 20.3. The maximum absolute atomic E-state index is 12.5. The fourth-order valence-electron chi connectivity index (χ4n) is 2.52. The Kier molecular flexibility index (Phi) is 5.92. The number of carbonyl (C=O) groups is 2. The minimum atomic E-state index is -1.28. The quantitative estimate of drug-likeness (QED) is 0.216. The van der Waals surface area contributed by atoms with E-state index in [9.17, 15) is 24.8 Å². The number of esters is 1. The van der Waals surface area contributed by atoms with Gasteiger partial charge >= 0.3 is 11.9 Å². The molecule has 9 heteroatoms. The third kappa shape index (κ3) is 4.71. The first-order valence-electron chi connectivity index (χ1n) is 8.65. The van der Waals surface area contributed by atoms with E-state index in [1.165, 1.54) is 48.7 Å². The zero-order valence-corrected chi connectivity index (χ0v) is 15.7. The summed E-state index contributed by atoms with van der Waals surface area (Å²) in [6.45, 7) is 1.87. The number of pyridine rings is 1. The Bertz CT molecular complexity index is 1160. The van der Waals surface area contributed by atoms with E-state index < -0.39 is 16.9 Å². The molecular weight excluding hydrogens is 390 g/mol. The summed E-state index contributed by atoms with van der Waals surface area (Å²) in [4.78, 5) is 42.7. The highest BCUT2D eigenvalue weighted by atomic mass is 16.6. The van der Waals surface area contributed by atoms with Crippen LogP contribution in [0.25, 0.3) is 0 Å². The summed E-state index contributed by atoms with van der Waals surface area (Å²) >= 11 is 0. The summed E-state index contributed by atoms with van der Waals surface area (Å²) in [5.74, 6) is -1.84. The topological polar surface area (TPSA) is 132 Å². The third-order valence-corrected chi connectivity index (χ3v) is 4.02. The second-order valence-electron chi connectivity index (χ2n) is 6.17. The number of hydrogen-bond acceptors (Lipinski definition) is 7. The van der Waals surface area contributed by atoms with Gasteiger partial charge in [-0.15, -0.1) is 0 Å². The van der Waals surface area contributed by atoms with Gasteiger partial charge in [0.1, 0.15) is 5.75 Å². The molecule has 0 aliphatic rings. The number of aliphatic imine (C=N–C) groups is 1. The number of nitro benzene ring substituents is 1. The standard InChI is InChI=1S/C21H15N3O6/c1-13-6-9-19(22-11-13)23-12-14-10-15(24(28)29)7-8-18(14)30-21(27)17-5-3-2-4-16(17)20(25)26/h2-12H,1H3,(H,25,26). The van der Waals surface area contributed by atoms with Gasteiger partial charge in [-0.05, 0) is 36.8 Å². The Morgan fingerprint density at radius 3 is 2.50 bits per heavy atom. The largest absolute Gasteiger partial charge is 0.478 e. The predicted octanol–water partition coefficient (Wildman–Crippen LogP) is 3.97. The highest BCUT2D eigenvalue weighted by molar-refractivity contribution is 6.03. The summed E-state index contributed by atoms with van der Waals surface area (Å²) in [6, 6.07) is 12.7. The van der Waals surface area contributed by atoms with Crippen LogP contribution in [0.5, 0.6) is 5.75 Å². The predicted molar refractivity (Wildman–Crippen MR) is 108 cm³/mol. The van der Waals surface area contributed by atoms with Crippen molar-refractivity contribution in [3.8, 4) is 5.75 Å². The van der Waals surface area contributed by atoms with Crippen LogP contribution in [0.1, 0.15) is 31.8 Å². The van der Waals surface area contributed by atoms with Crippen molar-refractivity contribution in [1.82, 2.24) is 4.98 Å². The first-order chi connectivity index (χ1) is 14.3. The van der Waals surface area contributed by atoms with Gasteiger partial charge in [0.05, 0.1) is 16.1 Å². The summed E-state index contributed by atoms with van der Waals surface area (Å²) < 4.78 is 5.33. The minimum absolute atomic E-state index is 0.0124. The monoisotopic (exact) mass is 405 g/mol. The van der Waals surface area contributed by atoms with Gasteiger partial charge in [-0.3, -0.25) is 10.1 Å². The van der Waals surface area contributed by atoms with Crippen LogP contribution in [0.15, 0.2) is 65.8 Å². The molecule has 0 aliphatic heterocycles. The molecule has 0 fully saturated rings. The number of nitrogens with zero attached hydrogens (tertiary/aromatic N) is 3. The lowest BCUT2D eigenvalue weighted by Crippen LogP contribution is -2.14. The summed E-state index contributed by atoms with van der Waals surface area (Å²) in [6.07, 6.45) is 2.90. The maximum Gasteiger partial charge on any atom is 0.344 e. The van der Waals surface area contributed by atoms with Crippen molar-refractivity contribution in [3.05, 3.63) is 93.2 Å². The van der Waals surface area contributed by atoms with Crippen molar-refractivity contribution < 1.29 is 24.4 Å². The molecular formula is C21H15N3O6. The molecule has 1 N–H and O–H groups in total. The normalized spacial score (nSPS) is 10.7. The van der Waals surface area contributed by atoms with Crippen LogP contribution < -0.4 is 4.74 Å². The zero-order valence-electron chi connectivity index (χ0n) is 15.7. The van der Waals surface area contributed by atoms with E-state index >= 15 is 0 Å². The molecule has 0 atom stereocenters. The number of nitro groups is 1. The van der Waals surface area contributed by atoms with Gasteiger partial charge in [0.2, 0.25) is 0 Å². The lowest BCUT2D eigenvalue weighted by Gasteiger charge is -2.09. The molecule has 0 spiro atoms. The van der Waals surface area contributed by atoms with Crippen LogP contribution in [-0.4, -0.2) is 33.2 Å². The zero-order chi connectivity index (χ0) is 21.7. The van der Waals surface area contributed by atoms with Crippen molar-refractivity contribution in [3.63, 3.8) is 0 Å². The third-order valence-electron chi connectivity index (χ3n) is 4.02. The second kappa shape index (κ2) is 8.74. The molecule has 0 radical (unpaired) electrons. The molecule has 150 valence electrons. The van der Waals surface area contributed by atoms with Gasteiger partial charge in [0.25, 0.3) is 5.69 Å². The molecule has 3 aromatic rings. The van der Waals surface area contributed by atoms with Crippen LogP contribution >= 0.6 is 0 Å². The van der Waals surface area contributed by atoms with Crippen LogP contribution in [0.2, 0.25) is 0 Å². The van der Waals surface area contributed by atoms with Crippen molar-refractivity contribution >= 4 is 29.7 Å². The van der Waals surface area contributed by atoms with E-state index in [1.54, 1.807) is 18.3 Å². The van der Waals surface area contributed by atoms with Gasteiger partial charge in [-0.1, -0.05) is 18.2 Å². The highest BCUT2D eigenvalue weighted by Crippen LogP contribution is 2.25. The summed E-state index contributed by atoms with van der Waals surface area (Å²) in [5, 5.41) is 20.4. The van der Waals surface area contributed by atoms with Crippen molar-refractivity contribution in [1.29, 1.82) is 0 Å². The Labute approximate surface area is 170 Å².